The van der Waals surface area contributed by atoms with Crippen LogP contribution in [0.15, 0.2) is 36.4 Å². The van der Waals surface area contributed by atoms with Gasteiger partial charge < -0.3 is 4.74 Å². The van der Waals surface area contributed by atoms with Crippen LogP contribution in [0.2, 0.25) is 10.3 Å². The predicted molar refractivity (Wildman–Crippen MR) is 105 cm³/mol. The molecule has 4 rings (SSSR count). The normalized spacial score (nSPS) is 16.9. The summed E-state index contributed by atoms with van der Waals surface area (Å²) in [5.41, 5.74) is 1.16. The number of halogens is 2. The van der Waals surface area contributed by atoms with E-state index in [9.17, 15) is 4.79 Å². The Balaban J connectivity index is 1.72. The second-order valence-corrected chi connectivity index (χ2v) is 7.74. The highest BCUT2D eigenvalue weighted by Crippen LogP contribution is 2.31. The molecule has 2 aromatic heterocycles. The van der Waals surface area contributed by atoms with E-state index in [0.717, 1.165) is 29.7 Å². The number of hydrogen-bond acceptors (Lipinski definition) is 5. The number of amides is 1. The molecule has 0 saturated carbocycles. The minimum Gasteiger partial charge on any atom is -0.376 e. The van der Waals surface area contributed by atoms with Crippen LogP contribution in [0.25, 0.3) is 10.2 Å². The number of carbonyl (C=O) groups is 1. The lowest BCUT2D eigenvalue weighted by atomic mass is 10.2. The minimum atomic E-state index is -0.256. The van der Waals surface area contributed by atoms with E-state index in [4.69, 9.17) is 27.9 Å². The van der Waals surface area contributed by atoms with E-state index in [1.807, 2.05) is 24.3 Å². The molecule has 0 radical (unpaired) electrons. The van der Waals surface area contributed by atoms with E-state index >= 15 is 0 Å². The van der Waals surface area contributed by atoms with Gasteiger partial charge in [-0.2, -0.15) is 0 Å². The van der Waals surface area contributed by atoms with Crippen LogP contribution in [0.5, 0.6) is 0 Å². The number of ether oxygens (including phenoxy) is 1. The first-order valence-corrected chi connectivity index (χ1v) is 9.80. The van der Waals surface area contributed by atoms with Gasteiger partial charge in [-0.25, -0.2) is 9.97 Å². The second kappa shape index (κ2) is 7.48. The zero-order valence-electron chi connectivity index (χ0n) is 13.7. The standard InChI is InChI=1S/C18H15Cl2N3O2S/c19-15-8-7-12(16(20)22-15)17(24)23(10-11-4-3-9-25-11)18-21-13-5-1-2-6-14(13)26-18/h1-2,5-8,11H,3-4,9-10H2. The van der Waals surface area contributed by atoms with Crippen molar-refractivity contribution < 1.29 is 9.53 Å². The first-order chi connectivity index (χ1) is 12.6. The Morgan fingerprint density at radius 3 is 2.81 bits per heavy atom. The summed E-state index contributed by atoms with van der Waals surface area (Å²) in [7, 11) is 0. The van der Waals surface area contributed by atoms with Crippen molar-refractivity contribution in [2.75, 3.05) is 18.1 Å². The van der Waals surface area contributed by atoms with Crippen LogP contribution in [-0.4, -0.2) is 35.1 Å². The minimum absolute atomic E-state index is 0.00926. The Kier molecular flexibility index (Phi) is 5.09. The number of hydrogen-bond donors (Lipinski definition) is 0. The summed E-state index contributed by atoms with van der Waals surface area (Å²) in [6.45, 7) is 1.15. The van der Waals surface area contributed by atoms with Gasteiger partial charge in [0.1, 0.15) is 10.3 Å². The summed E-state index contributed by atoms with van der Waals surface area (Å²) >= 11 is 13.5. The molecule has 0 bridgehead atoms. The first kappa shape index (κ1) is 17.7. The molecular formula is C18H15Cl2N3O2S. The topological polar surface area (TPSA) is 55.3 Å². The summed E-state index contributed by atoms with van der Waals surface area (Å²) in [4.78, 5) is 23.5. The summed E-state index contributed by atoms with van der Waals surface area (Å²) in [5, 5.41) is 0.955. The molecule has 1 atom stereocenters. The highest BCUT2D eigenvalue weighted by molar-refractivity contribution is 7.22. The molecule has 0 spiro atoms. The van der Waals surface area contributed by atoms with E-state index in [2.05, 4.69) is 9.97 Å². The molecule has 1 fully saturated rings. The van der Waals surface area contributed by atoms with Crippen molar-refractivity contribution in [1.82, 2.24) is 9.97 Å². The Hall–Kier alpha value is -1.73. The number of nitrogens with zero attached hydrogens (tertiary/aromatic N) is 3. The molecule has 26 heavy (non-hydrogen) atoms. The fraction of sp³-hybridized carbons (Fsp3) is 0.278. The maximum atomic E-state index is 13.2. The van der Waals surface area contributed by atoms with Crippen LogP contribution in [-0.2, 0) is 4.74 Å². The molecule has 1 amide bonds. The average Bonchev–Trinajstić information content (AvgIpc) is 3.28. The molecule has 5 nitrogen and oxygen atoms in total. The summed E-state index contributed by atoms with van der Waals surface area (Å²) in [6, 6.07) is 11.0. The van der Waals surface area contributed by atoms with E-state index in [0.29, 0.717) is 17.2 Å². The number of rotatable bonds is 4. The molecule has 134 valence electrons. The molecule has 8 heteroatoms. The van der Waals surface area contributed by atoms with Crippen molar-refractivity contribution in [3.63, 3.8) is 0 Å². The van der Waals surface area contributed by atoms with Gasteiger partial charge in [-0.1, -0.05) is 46.7 Å². The van der Waals surface area contributed by atoms with Crippen molar-refractivity contribution in [3.8, 4) is 0 Å². The van der Waals surface area contributed by atoms with Crippen LogP contribution in [0.3, 0.4) is 0 Å². The van der Waals surface area contributed by atoms with E-state index in [1.165, 1.54) is 11.3 Å². The number of benzene rings is 1. The zero-order chi connectivity index (χ0) is 18.1. The fourth-order valence-corrected chi connectivity index (χ4v) is 4.33. The van der Waals surface area contributed by atoms with Gasteiger partial charge in [0.2, 0.25) is 0 Å². The lowest BCUT2D eigenvalue weighted by molar-refractivity contribution is 0.0917. The number of thiazole rings is 1. The summed E-state index contributed by atoms with van der Waals surface area (Å²) in [6.07, 6.45) is 1.90. The molecule has 1 aromatic carbocycles. The van der Waals surface area contributed by atoms with Crippen LogP contribution in [0.1, 0.15) is 23.2 Å². The van der Waals surface area contributed by atoms with Gasteiger partial charge in [-0.05, 0) is 37.1 Å². The Labute approximate surface area is 164 Å². The maximum Gasteiger partial charge on any atom is 0.263 e. The molecule has 0 N–H and O–H groups in total. The number of para-hydroxylation sites is 1. The van der Waals surface area contributed by atoms with Gasteiger partial charge in [-0.3, -0.25) is 9.69 Å². The lowest BCUT2D eigenvalue weighted by Crippen LogP contribution is -2.37. The molecule has 3 aromatic rings. The molecule has 1 saturated heterocycles. The van der Waals surface area contributed by atoms with E-state index < -0.39 is 0 Å². The van der Waals surface area contributed by atoms with Crippen LogP contribution in [0, 0.1) is 0 Å². The van der Waals surface area contributed by atoms with Crippen LogP contribution >= 0.6 is 34.5 Å². The molecule has 1 unspecified atom stereocenters. The van der Waals surface area contributed by atoms with Gasteiger partial charge in [0.05, 0.1) is 28.4 Å². The van der Waals surface area contributed by atoms with Crippen molar-refractivity contribution in [2.45, 2.75) is 18.9 Å². The Morgan fingerprint density at radius 2 is 2.08 bits per heavy atom. The quantitative estimate of drug-likeness (QED) is 0.581. The zero-order valence-corrected chi connectivity index (χ0v) is 16.0. The Morgan fingerprint density at radius 1 is 1.23 bits per heavy atom. The third-order valence-electron chi connectivity index (χ3n) is 4.21. The molecule has 0 aliphatic carbocycles. The number of fused-ring (bicyclic) bond motifs is 1. The highest BCUT2D eigenvalue weighted by atomic mass is 35.5. The van der Waals surface area contributed by atoms with Gasteiger partial charge in [-0.15, -0.1) is 0 Å². The molecular weight excluding hydrogens is 393 g/mol. The van der Waals surface area contributed by atoms with Crippen molar-refractivity contribution in [3.05, 3.63) is 52.3 Å². The number of carbonyl (C=O) groups excluding carboxylic acids is 1. The van der Waals surface area contributed by atoms with Crippen LogP contribution < -0.4 is 4.90 Å². The second-order valence-electron chi connectivity index (χ2n) is 5.99. The molecule has 1 aliphatic rings. The van der Waals surface area contributed by atoms with Gasteiger partial charge in [0, 0.05) is 6.61 Å². The maximum absolute atomic E-state index is 13.2. The largest absolute Gasteiger partial charge is 0.376 e. The van der Waals surface area contributed by atoms with Gasteiger partial charge >= 0.3 is 0 Å². The number of anilines is 1. The lowest BCUT2D eigenvalue weighted by Gasteiger charge is -2.23. The molecule has 3 heterocycles. The van der Waals surface area contributed by atoms with Gasteiger partial charge in [0.25, 0.3) is 5.91 Å². The van der Waals surface area contributed by atoms with E-state index in [-0.39, 0.29) is 22.3 Å². The SMILES string of the molecule is O=C(c1ccc(Cl)nc1Cl)N(CC1CCCO1)c1nc2ccccc2s1. The van der Waals surface area contributed by atoms with Crippen molar-refractivity contribution in [2.24, 2.45) is 0 Å². The summed E-state index contributed by atoms with van der Waals surface area (Å²) in [5.74, 6) is -0.256. The third-order valence-corrected chi connectivity index (χ3v) is 5.77. The van der Waals surface area contributed by atoms with Crippen molar-refractivity contribution >= 4 is 55.8 Å². The fourth-order valence-electron chi connectivity index (χ4n) is 2.93. The third kappa shape index (κ3) is 3.55. The van der Waals surface area contributed by atoms with Crippen LogP contribution in [0.4, 0.5) is 5.13 Å². The average molecular weight is 408 g/mol. The smallest absolute Gasteiger partial charge is 0.263 e. The van der Waals surface area contributed by atoms with Gasteiger partial charge in [0.15, 0.2) is 5.13 Å². The van der Waals surface area contributed by atoms with E-state index in [1.54, 1.807) is 17.0 Å². The highest BCUT2D eigenvalue weighted by Gasteiger charge is 2.28. The predicted octanol–water partition coefficient (Wildman–Crippen LogP) is 4.82. The Bertz CT molecular complexity index is 924. The first-order valence-electron chi connectivity index (χ1n) is 8.23. The molecule has 1 aliphatic heterocycles. The summed E-state index contributed by atoms with van der Waals surface area (Å²) < 4.78 is 6.75. The monoisotopic (exact) mass is 407 g/mol. The number of pyridine rings is 1. The van der Waals surface area contributed by atoms with Crippen molar-refractivity contribution in [1.29, 1.82) is 0 Å². The number of aromatic nitrogens is 2.